The molecule has 0 aliphatic carbocycles. The summed E-state index contributed by atoms with van der Waals surface area (Å²) in [5, 5.41) is 9.75. The van der Waals surface area contributed by atoms with E-state index in [1.165, 1.54) is 0 Å². The topological polar surface area (TPSA) is 42.4 Å². The van der Waals surface area contributed by atoms with E-state index in [0.29, 0.717) is 0 Å². The quantitative estimate of drug-likeness (QED) is 0.762. The Morgan fingerprint density at radius 3 is 2.78 bits per heavy atom. The average Bonchev–Trinajstić information content (AvgIpc) is 2.43. The van der Waals surface area contributed by atoms with E-state index in [1.54, 1.807) is 6.20 Å². The molecule has 0 saturated heterocycles. The predicted molar refractivity (Wildman–Crippen MR) is 72.8 cm³/mol. The van der Waals surface area contributed by atoms with Crippen LogP contribution in [-0.2, 0) is 0 Å². The molecule has 0 atom stereocenters. The Balaban J connectivity index is 1.88. The van der Waals surface area contributed by atoms with Gasteiger partial charge in [0.2, 0.25) is 0 Å². The lowest BCUT2D eigenvalue weighted by Gasteiger charge is -2.08. The van der Waals surface area contributed by atoms with Crippen molar-refractivity contribution in [1.82, 2.24) is 4.98 Å². The van der Waals surface area contributed by atoms with Crippen LogP contribution in [0.3, 0.4) is 0 Å². The SMILES string of the molecule is OCCCCCCOc1cccc2ncccc12. The Labute approximate surface area is 107 Å². The molecule has 3 nitrogen and oxygen atoms in total. The maximum Gasteiger partial charge on any atom is 0.128 e. The Morgan fingerprint density at radius 1 is 1.00 bits per heavy atom. The van der Waals surface area contributed by atoms with Crippen molar-refractivity contribution in [2.45, 2.75) is 25.7 Å². The van der Waals surface area contributed by atoms with Crippen molar-refractivity contribution < 1.29 is 9.84 Å². The van der Waals surface area contributed by atoms with Gasteiger partial charge < -0.3 is 9.84 Å². The predicted octanol–water partition coefficient (Wildman–Crippen LogP) is 3.17. The van der Waals surface area contributed by atoms with Gasteiger partial charge in [0, 0.05) is 18.2 Å². The zero-order valence-corrected chi connectivity index (χ0v) is 10.5. The van der Waals surface area contributed by atoms with Gasteiger partial charge in [0.05, 0.1) is 12.1 Å². The minimum Gasteiger partial charge on any atom is -0.493 e. The summed E-state index contributed by atoms with van der Waals surface area (Å²) in [6.07, 6.45) is 5.87. The molecule has 0 amide bonds. The molecular formula is C15H19NO2. The van der Waals surface area contributed by atoms with Gasteiger partial charge in [0.15, 0.2) is 0 Å². The smallest absolute Gasteiger partial charge is 0.128 e. The molecule has 0 unspecified atom stereocenters. The van der Waals surface area contributed by atoms with E-state index in [9.17, 15) is 0 Å². The Morgan fingerprint density at radius 2 is 1.89 bits per heavy atom. The monoisotopic (exact) mass is 245 g/mol. The maximum atomic E-state index is 8.68. The molecule has 1 aromatic heterocycles. The van der Waals surface area contributed by atoms with Crippen LogP contribution < -0.4 is 4.74 Å². The van der Waals surface area contributed by atoms with Gasteiger partial charge in [0.25, 0.3) is 0 Å². The molecular weight excluding hydrogens is 226 g/mol. The van der Waals surface area contributed by atoms with Crippen molar-refractivity contribution in [2.75, 3.05) is 13.2 Å². The third kappa shape index (κ3) is 3.44. The van der Waals surface area contributed by atoms with Crippen molar-refractivity contribution in [2.24, 2.45) is 0 Å². The second kappa shape index (κ2) is 6.97. The fourth-order valence-electron chi connectivity index (χ4n) is 1.95. The van der Waals surface area contributed by atoms with Gasteiger partial charge in [-0.2, -0.15) is 0 Å². The third-order valence-corrected chi connectivity index (χ3v) is 2.92. The molecule has 0 fully saturated rings. The number of aromatic nitrogens is 1. The first-order chi connectivity index (χ1) is 8.92. The summed E-state index contributed by atoms with van der Waals surface area (Å²) in [4.78, 5) is 4.30. The molecule has 2 rings (SSSR count). The fourth-order valence-corrected chi connectivity index (χ4v) is 1.95. The number of hydrogen-bond acceptors (Lipinski definition) is 3. The normalized spacial score (nSPS) is 10.7. The number of ether oxygens (including phenoxy) is 1. The van der Waals surface area contributed by atoms with Crippen molar-refractivity contribution >= 4 is 10.9 Å². The minimum atomic E-state index is 0.288. The number of nitrogens with zero attached hydrogens (tertiary/aromatic N) is 1. The first kappa shape index (κ1) is 12.8. The highest BCUT2D eigenvalue weighted by Crippen LogP contribution is 2.23. The summed E-state index contributed by atoms with van der Waals surface area (Å²) in [6, 6.07) is 9.90. The number of hydrogen-bond donors (Lipinski definition) is 1. The van der Waals surface area contributed by atoms with Crippen LogP contribution in [0.2, 0.25) is 0 Å². The molecule has 0 aliphatic heterocycles. The summed E-state index contributed by atoms with van der Waals surface area (Å²) < 4.78 is 5.80. The van der Waals surface area contributed by atoms with Crippen LogP contribution >= 0.6 is 0 Å². The van der Waals surface area contributed by atoms with Crippen LogP contribution in [0.4, 0.5) is 0 Å². The molecule has 0 bridgehead atoms. The molecule has 2 aromatic rings. The number of aliphatic hydroxyl groups is 1. The molecule has 0 saturated carbocycles. The zero-order valence-electron chi connectivity index (χ0n) is 10.5. The van der Waals surface area contributed by atoms with Crippen molar-refractivity contribution in [3.63, 3.8) is 0 Å². The van der Waals surface area contributed by atoms with Gasteiger partial charge in [-0.1, -0.05) is 12.5 Å². The van der Waals surface area contributed by atoms with E-state index in [0.717, 1.165) is 48.9 Å². The molecule has 0 spiro atoms. The first-order valence-corrected chi connectivity index (χ1v) is 6.49. The van der Waals surface area contributed by atoms with Crippen LogP contribution in [-0.4, -0.2) is 23.3 Å². The highest BCUT2D eigenvalue weighted by molar-refractivity contribution is 5.84. The second-order valence-corrected chi connectivity index (χ2v) is 4.31. The lowest BCUT2D eigenvalue weighted by Crippen LogP contribution is -1.98. The largest absolute Gasteiger partial charge is 0.493 e. The van der Waals surface area contributed by atoms with Crippen LogP contribution in [0.5, 0.6) is 5.75 Å². The van der Waals surface area contributed by atoms with Crippen LogP contribution in [0.1, 0.15) is 25.7 Å². The van der Waals surface area contributed by atoms with Gasteiger partial charge in [-0.05, 0) is 43.5 Å². The van der Waals surface area contributed by atoms with Crippen molar-refractivity contribution in [1.29, 1.82) is 0 Å². The Bertz CT molecular complexity index is 479. The Kier molecular flexibility index (Phi) is 4.97. The zero-order chi connectivity index (χ0) is 12.6. The number of benzene rings is 1. The van der Waals surface area contributed by atoms with Gasteiger partial charge in [-0.3, -0.25) is 4.98 Å². The van der Waals surface area contributed by atoms with Gasteiger partial charge in [-0.15, -0.1) is 0 Å². The van der Waals surface area contributed by atoms with E-state index < -0.39 is 0 Å². The summed E-state index contributed by atoms with van der Waals surface area (Å²) in [6.45, 7) is 1.01. The lowest BCUT2D eigenvalue weighted by molar-refractivity contribution is 0.274. The number of fused-ring (bicyclic) bond motifs is 1. The van der Waals surface area contributed by atoms with Gasteiger partial charge in [0.1, 0.15) is 5.75 Å². The summed E-state index contributed by atoms with van der Waals surface area (Å²) in [7, 11) is 0. The average molecular weight is 245 g/mol. The van der Waals surface area contributed by atoms with E-state index >= 15 is 0 Å². The first-order valence-electron chi connectivity index (χ1n) is 6.49. The second-order valence-electron chi connectivity index (χ2n) is 4.31. The molecule has 3 heteroatoms. The number of unbranched alkanes of at least 4 members (excludes halogenated alkanes) is 3. The standard InChI is InChI=1S/C15H19NO2/c17-11-3-1-2-4-12-18-15-9-5-8-14-13(15)7-6-10-16-14/h5-10,17H,1-4,11-12H2. The van der Waals surface area contributed by atoms with Crippen LogP contribution in [0.25, 0.3) is 10.9 Å². The highest BCUT2D eigenvalue weighted by Gasteiger charge is 2.01. The summed E-state index contributed by atoms with van der Waals surface area (Å²) >= 11 is 0. The van der Waals surface area contributed by atoms with E-state index in [-0.39, 0.29) is 6.61 Å². The molecule has 1 heterocycles. The Hall–Kier alpha value is -1.61. The fraction of sp³-hybridized carbons (Fsp3) is 0.400. The molecule has 1 N–H and O–H groups in total. The number of rotatable bonds is 7. The van der Waals surface area contributed by atoms with E-state index in [4.69, 9.17) is 9.84 Å². The van der Waals surface area contributed by atoms with E-state index in [1.807, 2.05) is 30.3 Å². The third-order valence-electron chi connectivity index (χ3n) is 2.92. The number of pyridine rings is 1. The minimum absolute atomic E-state index is 0.288. The van der Waals surface area contributed by atoms with Crippen molar-refractivity contribution in [3.8, 4) is 5.75 Å². The van der Waals surface area contributed by atoms with Crippen LogP contribution in [0, 0.1) is 0 Å². The molecule has 18 heavy (non-hydrogen) atoms. The lowest BCUT2D eigenvalue weighted by atomic mass is 10.2. The summed E-state index contributed by atoms with van der Waals surface area (Å²) in [5.74, 6) is 0.905. The van der Waals surface area contributed by atoms with Gasteiger partial charge in [-0.25, -0.2) is 0 Å². The molecule has 0 radical (unpaired) electrons. The molecule has 96 valence electrons. The van der Waals surface area contributed by atoms with E-state index in [2.05, 4.69) is 4.98 Å². The summed E-state index contributed by atoms with van der Waals surface area (Å²) in [5.41, 5.74) is 0.968. The number of aliphatic hydroxyl groups excluding tert-OH is 1. The molecule has 0 aliphatic rings. The van der Waals surface area contributed by atoms with Gasteiger partial charge >= 0.3 is 0 Å². The van der Waals surface area contributed by atoms with Crippen LogP contribution in [0.15, 0.2) is 36.5 Å². The van der Waals surface area contributed by atoms with Crippen molar-refractivity contribution in [3.05, 3.63) is 36.5 Å². The maximum absolute atomic E-state index is 8.68. The molecule has 1 aromatic carbocycles. The highest BCUT2D eigenvalue weighted by atomic mass is 16.5.